The molecule has 2 nitrogen and oxygen atoms in total. The van der Waals surface area contributed by atoms with Gasteiger partial charge in [-0.05, 0) is 242 Å². The van der Waals surface area contributed by atoms with Crippen LogP contribution in [0, 0.1) is 13.8 Å². The largest absolute Gasteiger partial charge is 0.311 e. The lowest BCUT2D eigenvalue weighted by Gasteiger charge is -2.46. The quantitative estimate of drug-likeness (QED) is 0.0984. The second-order valence-corrected chi connectivity index (χ2v) is 31.0. The molecule has 0 radical (unpaired) electrons. The van der Waals surface area contributed by atoms with Crippen molar-refractivity contribution in [3.05, 3.63) is 246 Å². The van der Waals surface area contributed by atoms with E-state index in [1.54, 1.807) is 0 Å². The minimum absolute atomic E-state index is 0.141. The third-order valence-corrected chi connectivity index (χ3v) is 21.0. The molecule has 91 heavy (non-hydrogen) atoms. The molecule has 0 amide bonds. The molecular weight excluding hydrogens is 1100 g/mol. The molecule has 2 aliphatic rings. The maximum atomic E-state index is 2.75. The van der Waals surface area contributed by atoms with Gasteiger partial charge in [-0.3, -0.25) is 0 Å². The average Bonchev–Trinajstić information content (AvgIpc) is 0.679. The van der Waals surface area contributed by atoms with Crippen molar-refractivity contribution in [3.8, 4) is 22.3 Å². The summed E-state index contributed by atoms with van der Waals surface area (Å²) in [5, 5.41) is 20.8. The van der Waals surface area contributed by atoms with E-state index in [9.17, 15) is 0 Å². The van der Waals surface area contributed by atoms with Gasteiger partial charge in [0.2, 0.25) is 0 Å². The summed E-state index contributed by atoms with van der Waals surface area (Å²) in [6.07, 6.45) is 0. The van der Waals surface area contributed by atoms with Crippen LogP contribution < -0.4 is 26.2 Å². The first-order chi connectivity index (χ1) is 43.5. The molecule has 0 bridgehead atoms. The summed E-state index contributed by atoms with van der Waals surface area (Å²) >= 11 is 0. The summed E-state index contributed by atoms with van der Waals surface area (Å²) in [5.41, 5.74) is 23.5. The lowest BCUT2D eigenvalue weighted by molar-refractivity contribution is 0.568. The Kier molecular flexibility index (Phi) is 11.7. The molecule has 2 aliphatic heterocycles. The van der Waals surface area contributed by atoms with Gasteiger partial charge in [0.05, 0.1) is 0 Å². The van der Waals surface area contributed by atoms with E-state index in [1.165, 1.54) is 192 Å². The molecule has 0 fully saturated rings. The van der Waals surface area contributed by atoms with Crippen molar-refractivity contribution in [3.63, 3.8) is 0 Å². The predicted molar refractivity (Wildman–Crippen MR) is 398 cm³/mol. The number of hydrogen-bond acceptors (Lipinski definition) is 2. The number of aryl methyl sites for hydroxylation is 2. The summed E-state index contributed by atoms with van der Waals surface area (Å²) in [6, 6.07) is 83.7. The van der Waals surface area contributed by atoms with Gasteiger partial charge in [-0.2, -0.15) is 0 Å². The molecule has 15 aromatic carbocycles. The van der Waals surface area contributed by atoms with Gasteiger partial charge in [0, 0.05) is 34.1 Å². The molecule has 15 aromatic rings. The second kappa shape index (κ2) is 19.1. The van der Waals surface area contributed by atoms with Crippen molar-refractivity contribution in [1.29, 1.82) is 0 Å². The number of anilines is 6. The number of nitrogens with zero attached hydrogens (tertiary/aromatic N) is 2. The zero-order chi connectivity index (χ0) is 62.7. The van der Waals surface area contributed by atoms with Crippen LogP contribution in [0.1, 0.15) is 116 Å². The predicted octanol–water partition coefficient (Wildman–Crippen LogP) is 23.0. The van der Waals surface area contributed by atoms with Crippen LogP contribution in [-0.4, -0.2) is 6.71 Å². The molecule has 0 aromatic heterocycles. The third-order valence-electron chi connectivity index (χ3n) is 21.0. The van der Waals surface area contributed by atoms with Crippen LogP contribution in [-0.2, 0) is 21.7 Å². The summed E-state index contributed by atoms with van der Waals surface area (Å²) in [7, 11) is 0. The van der Waals surface area contributed by atoms with Gasteiger partial charge in [-0.25, -0.2) is 0 Å². The van der Waals surface area contributed by atoms with E-state index in [0.717, 1.165) is 0 Å². The molecule has 0 saturated heterocycles. The van der Waals surface area contributed by atoms with Crippen molar-refractivity contribution in [2.45, 2.75) is 119 Å². The Morgan fingerprint density at radius 3 is 0.967 bits per heavy atom. The Morgan fingerprint density at radius 1 is 0.264 bits per heavy atom. The number of benzene rings is 15. The standard InChI is InChI=1S/C88H77BN2/c1-50-38-55(52-24-16-15-17-25-52)39-51(2)77(50)56-40-73-84-74(41-56)91(62-46-59(87(9,10)11)43-60(47-62)88(12,13)14)76-49-72-68-33-21-29-54-27-19-31-64(79(54)68)66-35-23-37-70(81(66)72)83(76)89(84)82-69-36-22-34-65-63-30-18-26-53-28-20-32-67(78(53)63)71(80(65)69)48-75(82)90(73)61-44-57(85(3,4)5)42-58(45-61)86(6,7)8/h15-49H,1-14H3. The average molecular weight is 1170 g/mol. The molecule has 442 valence electrons. The molecule has 0 aliphatic carbocycles. The number of hydrogen-bond donors (Lipinski definition) is 0. The molecule has 0 N–H and O–H groups in total. The maximum absolute atomic E-state index is 2.75. The highest BCUT2D eigenvalue weighted by atomic mass is 15.2. The Labute approximate surface area is 536 Å². The third kappa shape index (κ3) is 8.18. The molecule has 0 atom stereocenters. The highest BCUT2D eigenvalue weighted by molar-refractivity contribution is 7.03. The normalized spacial score (nSPS) is 13.8. The molecule has 2 heterocycles. The van der Waals surface area contributed by atoms with Gasteiger partial charge in [-0.1, -0.05) is 247 Å². The SMILES string of the molecule is Cc1cc(-c2ccccc2)cc(C)c1-c1cc2c3c(c1)N(c1cc(C(C)(C)C)cc(C(C)(C)C)c1)c1cc4c5cccc6cccc(c7cccc(c1B3c1c(cc3c8cccc9cccc(c%10cccc1c%103)c98)N2c1cc(C(C)(C)C)cc(C(C)(C)C)c1)c74)c65. The lowest BCUT2D eigenvalue weighted by atomic mass is 9.32. The van der Waals surface area contributed by atoms with Gasteiger partial charge in [0.1, 0.15) is 0 Å². The molecular formula is C88H77BN2. The van der Waals surface area contributed by atoms with Crippen molar-refractivity contribution >= 4 is 143 Å². The van der Waals surface area contributed by atoms with Crippen LogP contribution in [0.5, 0.6) is 0 Å². The molecule has 3 heteroatoms. The van der Waals surface area contributed by atoms with Crippen LogP contribution in [0.3, 0.4) is 0 Å². The van der Waals surface area contributed by atoms with Gasteiger partial charge in [0.25, 0.3) is 6.71 Å². The lowest BCUT2D eigenvalue weighted by Crippen LogP contribution is -2.62. The van der Waals surface area contributed by atoms with Crippen molar-refractivity contribution < 1.29 is 0 Å². The van der Waals surface area contributed by atoms with Crippen LogP contribution in [0.15, 0.2) is 212 Å². The van der Waals surface area contributed by atoms with E-state index < -0.39 is 0 Å². The first-order valence-corrected chi connectivity index (χ1v) is 33.0. The molecule has 0 saturated carbocycles. The number of rotatable bonds is 4. The van der Waals surface area contributed by atoms with Crippen molar-refractivity contribution in [2.24, 2.45) is 0 Å². The second-order valence-electron chi connectivity index (χ2n) is 31.0. The fourth-order valence-electron chi connectivity index (χ4n) is 16.5. The van der Waals surface area contributed by atoms with Crippen LogP contribution in [0.25, 0.3) is 108 Å². The van der Waals surface area contributed by atoms with Gasteiger partial charge < -0.3 is 9.80 Å². The first kappa shape index (κ1) is 55.6. The van der Waals surface area contributed by atoms with Crippen LogP contribution in [0.2, 0.25) is 0 Å². The Morgan fingerprint density at radius 2 is 0.593 bits per heavy atom. The van der Waals surface area contributed by atoms with E-state index in [2.05, 4.69) is 319 Å². The fourth-order valence-corrected chi connectivity index (χ4v) is 16.5. The zero-order valence-corrected chi connectivity index (χ0v) is 55.2. The first-order valence-electron chi connectivity index (χ1n) is 33.0. The van der Waals surface area contributed by atoms with Crippen molar-refractivity contribution in [1.82, 2.24) is 0 Å². The fraction of sp³-hybridized carbons (Fsp3) is 0.205. The minimum Gasteiger partial charge on any atom is -0.311 e. The summed E-state index contributed by atoms with van der Waals surface area (Å²) < 4.78 is 0. The Hall–Kier alpha value is -9.44. The summed E-state index contributed by atoms with van der Waals surface area (Å²) in [4.78, 5) is 5.50. The van der Waals surface area contributed by atoms with E-state index >= 15 is 0 Å². The maximum Gasteiger partial charge on any atom is 0.253 e. The van der Waals surface area contributed by atoms with Gasteiger partial charge in [-0.15, -0.1) is 0 Å². The Bertz CT molecular complexity index is 5210. The minimum atomic E-state index is -0.200. The summed E-state index contributed by atoms with van der Waals surface area (Å²) in [6.45, 7) is 33.1. The molecule has 0 spiro atoms. The van der Waals surface area contributed by atoms with E-state index in [4.69, 9.17) is 0 Å². The topological polar surface area (TPSA) is 6.48 Å². The number of fused-ring (bicyclic) bond motifs is 10. The monoisotopic (exact) mass is 1170 g/mol. The Balaban J connectivity index is 1.12. The van der Waals surface area contributed by atoms with Crippen LogP contribution in [0.4, 0.5) is 34.1 Å². The van der Waals surface area contributed by atoms with Gasteiger partial charge in [0.15, 0.2) is 0 Å². The smallest absolute Gasteiger partial charge is 0.253 e. The molecule has 0 unspecified atom stereocenters. The van der Waals surface area contributed by atoms with Crippen LogP contribution >= 0.6 is 0 Å². The van der Waals surface area contributed by atoms with E-state index in [1.807, 2.05) is 0 Å². The molecule has 17 rings (SSSR count). The highest BCUT2D eigenvalue weighted by Gasteiger charge is 2.47. The van der Waals surface area contributed by atoms with Gasteiger partial charge >= 0.3 is 0 Å². The van der Waals surface area contributed by atoms with E-state index in [-0.39, 0.29) is 28.4 Å². The van der Waals surface area contributed by atoms with Crippen molar-refractivity contribution in [2.75, 3.05) is 9.80 Å². The zero-order valence-electron chi connectivity index (χ0n) is 55.2. The van der Waals surface area contributed by atoms with E-state index in [0.29, 0.717) is 0 Å². The highest BCUT2D eigenvalue weighted by Crippen LogP contribution is 2.54. The summed E-state index contributed by atoms with van der Waals surface area (Å²) in [5.74, 6) is 0.